The summed E-state index contributed by atoms with van der Waals surface area (Å²) in [6, 6.07) is 0. The molecular weight excluding hydrogens is 138 g/mol. The maximum atomic E-state index is 3.67. The van der Waals surface area contributed by atoms with Crippen molar-refractivity contribution in [2.75, 3.05) is 0 Å². The van der Waals surface area contributed by atoms with Gasteiger partial charge in [-0.25, -0.2) is 4.98 Å². The van der Waals surface area contributed by atoms with Gasteiger partial charge in [0.2, 0.25) is 0 Å². The van der Waals surface area contributed by atoms with Gasteiger partial charge in [-0.05, 0) is 0 Å². The van der Waals surface area contributed by atoms with Gasteiger partial charge in [0.05, 0.1) is 6.33 Å². The SMILES string of the molecule is Cl.[Na+].[OH-].c1c[nH]cn1. The predicted octanol–water partition coefficient (Wildman–Crippen LogP) is -2.34. The van der Waals surface area contributed by atoms with Crippen molar-refractivity contribution in [2.24, 2.45) is 0 Å². The Labute approximate surface area is 75.9 Å². The summed E-state index contributed by atoms with van der Waals surface area (Å²) in [6.07, 6.45) is 5.08. The smallest absolute Gasteiger partial charge is 0.870 e. The molecule has 0 bridgehead atoms. The number of nitrogens with one attached hydrogen (secondary N) is 1. The summed E-state index contributed by atoms with van der Waals surface area (Å²) in [6.45, 7) is 0. The first kappa shape index (κ1) is 15.8. The van der Waals surface area contributed by atoms with E-state index in [-0.39, 0.29) is 47.4 Å². The molecule has 3 nitrogen and oxygen atoms in total. The molecule has 0 radical (unpaired) electrons. The molecule has 0 aliphatic rings. The number of aromatic nitrogens is 2. The summed E-state index contributed by atoms with van der Waals surface area (Å²) >= 11 is 0. The fraction of sp³-hybridized carbons (Fsp3) is 0. The number of aromatic amines is 1. The van der Waals surface area contributed by atoms with Gasteiger partial charge in [-0.1, -0.05) is 0 Å². The van der Waals surface area contributed by atoms with Crippen molar-refractivity contribution < 1.29 is 35.0 Å². The van der Waals surface area contributed by atoms with Crippen LogP contribution in [0.25, 0.3) is 0 Å². The number of hydrogen-bond acceptors (Lipinski definition) is 2. The summed E-state index contributed by atoms with van der Waals surface area (Å²) < 4.78 is 0. The van der Waals surface area contributed by atoms with Crippen molar-refractivity contribution in [2.45, 2.75) is 0 Å². The molecule has 2 N–H and O–H groups in total. The third-order valence-corrected chi connectivity index (χ3v) is 0.406. The van der Waals surface area contributed by atoms with Gasteiger partial charge < -0.3 is 10.5 Å². The fourth-order valence-electron chi connectivity index (χ4n) is 0.215. The van der Waals surface area contributed by atoms with E-state index < -0.39 is 0 Å². The Hall–Kier alpha value is 0.460. The molecule has 0 aliphatic heterocycles. The van der Waals surface area contributed by atoms with Gasteiger partial charge in [0, 0.05) is 12.4 Å². The second-order valence-corrected chi connectivity index (χ2v) is 0.761. The molecule has 0 saturated heterocycles. The van der Waals surface area contributed by atoms with E-state index in [1.807, 2.05) is 0 Å². The Kier molecular flexibility index (Phi) is 20.6. The van der Waals surface area contributed by atoms with Gasteiger partial charge in [-0.2, -0.15) is 0 Å². The number of halogens is 1. The van der Waals surface area contributed by atoms with E-state index in [0.717, 1.165) is 0 Å². The minimum absolute atomic E-state index is 0. The second-order valence-electron chi connectivity index (χ2n) is 0.761. The van der Waals surface area contributed by atoms with E-state index in [4.69, 9.17) is 0 Å². The molecule has 8 heavy (non-hydrogen) atoms. The van der Waals surface area contributed by atoms with Crippen molar-refractivity contribution in [3.63, 3.8) is 0 Å². The topological polar surface area (TPSA) is 58.7 Å². The van der Waals surface area contributed by atoms with E-state index in [1.54, 1.807) is 18.7 Å². The molecule has 1 rings (SSSR count). The molecule has 42 valence electrons. The molecule has 1 aromatic rings. The molecule has 0 saturated carbocycles. The zero-order valence-corrected chi connectivity index (χ0v) is 7.35. The zero-order valence-electron chi connectivity index (χ0n) is 4.53. The number of H-pyrrole nitrogens is 1. The maximum absolute atomic E-state index is 3.67. The second kappa shape index (κ2) is 10.4. The van der Waals surface area contributed by atoms with Crippen LogP contribution in [0.1, 0.15) is 0 Å². The van der Waals surface area contributed by atoms with Gasteiger partial charge in [-0.15, -0.1) is 12.4 Å². The molecule has 0 atom stereocenters. The normalized spacial score (nSPS) is 5.00. The number of rotatable bonds is 0. The number of imidazole rings is 1. The van der Waals surface area contributed by atoms with E-state index in [2.05, 4.69) is 9.97 Å². The predicted molar refractivity (Wildman–Crippen MR) is 27.8 cm³/mol. The van der Waals surface area contributed by atoms with Crippen molar-refractivity contribution in [1.29, 1.82) is 0 Å². The molecule has 0 spiro atoms. The number of hydrogen-bond donors (Lipinski definition) is 1. The van der Waals surface area contributed by atoms with E-state index in [9.17, 15) is 0 Å². The standard InChI is InChI=1S/C3H4N2.ClH.Na.H2O/c1-2-5-3-4-1;;;/h1-3H,(H,4,5);1H;;1H2/q;;+1;/p-1. The molecule has 5 heteroatoms. The zero-order chi connectivity index (χ0) is 3.54. The molecule has 0 aromatic carbocycles. The van der Waals surface area contributed by atoms with Crippen molar-refractivity contribution in [1.82, 2.24) is 9.97 Å². The molecule has 0 aliphatic carbocycles. The first-order valence-corrected chi connectivity index (χ1v) is 1.43. The van der Waals surface area contributed by atoms with Crippen LogP contribution in [-0.2, 0) is 0 Å². The molecular formula is C3H6ClN2NaO. The van der Waals surface area contributed by atoms with Crippen LogP contribution in [0.3, 0.4) is 0 Å². The monoisotopic (exact) mass is 144 g/mol. The van der Waals surface area contributed by atoms with Crippen LogP contribution < -0.4 is 29.6 Å². The summed E-state index contributed by atoms with van der Waals surface area (Å²) in [7, 11) is 0. The Bertz CT molecular complexity index is 73.8. The molecule has 0 amide bonds. The molecule has 1 heterocycles. The third-order valence-electron chi connectivity index (χ3n) is 0.406. The summed E-state index contributed by atoms with van der Waals surface area (Å²) in [5.74, 6) is 0. The Balaban J connectivity index is -0.0000000833. The minimum Gasteiger partial charge on any atom is -0.870 e. The first-order valence-electron chi connectivity index (χ1n) is 1.43. The van der Waals surface area contributed by atoms with E-state index >= 15 is 0 Å². The Morgan fingerprint density at radius 2 is 2.00 bits per heavy atom. The van der Waals surface area contributed by atoms with Crippen LogP contribution in [0.2, 0.25) is 0 Å². The first-order chi connectivity index (χ1) is 2.50. The van der Waals surface area contributed by atoms with Crippen LogP contribution in [0, 0.1) is 0 Å². The van der Waals surface area contributed by atoms with Crippen LogP contribution in [0.4, 0.5) is 0 Å². The average Bonchev–Trinajstić information content (AvgIpc) is 1.76. The molecule has 0 fully saturated rings. The van der Waals surface area contributed by atoms with E-state index in [1.165, 1.54) is 0 Å². The van der Waals surface area contributed by atoms with Gasteiger partial charge in [0.15, 0.2) is 0 Å². The quantitative estimate of drug-likeness (QED) is 0.415. The van der Waals surface area contributed by atoms with E-state index in [0.29, 0.717) is 0 Å². The molecule has 0 unspecified atom stereocenters. The van der Waals surface area contributed by atoms with Crippen molar-refractivity contribution >= 4 is 12.4 Å². The summed E-state index contributed by atoms with van der Waals surface area (Å²) in [5, 5.41) is 0. The van der Waals surface area contributed by atoms with Crippen LogP contribution in [-0.4, -0.2) is 15.4 Å². The average molecular weight is 145 g/mol. The van der Waals surface area contributed by atoms with Crippen LogP contribution in [0.15, 0.2) is 18.7 Å². The third kappa shape index (κ3) is 6.46. The maximum Gasteiger partial charge on any atom is 1.00 e. The summed E-state index contributed by atoms with van der Waals surface area (Å²) in [4.78, 5) is 6.42. The Morgan fingerprint density at radius 3 is 2.12 bits per heavy atom. The van der Waals surface area contributed by atoms with Gasteiger partial charge in [0.1, 0.15) is 0 Å². The van der Waals surface area contributed by atoms with Gasteiger partial charge in [-0.3, -0.25) is 0 Å². The van der Waals surface area contributed by atoms with Gasteiger partial charge >= 0.3 is 29.6 Å². The molecule has 1 aromatic heterocycles. The summed E-state index contributed by atoms with van der Waals surface area (Å²) in [5.41, 5.74) is 0. The van der Waals surface area contributed by atoms with Crippen LogP contribution >= 0.6 is 12.4 Å². The largest absolute Gasteiger partial charge is 1.00 e. The number of nitrogens with zero attached hydrogens (tertiary/aromatic N) is 1. The van der Waals surface area contributed by atoms with Crippen molar-refractivity contribution in [3.8, 4) is 0 Å². The van der Waals surface area contributed by atoms with Gasteiger partial charge in [0.25, 0.3) is 0 Å². The Morgan fingerprint density at radius 1 is 1.38 bits per heavy atom. The van der Waals surface area contributed by atoms with Crippen molar-refractivity contribution in [3.05, 3.63) is 18.7 Å². The van der Waals surface area contributed by atoms with Crippen LogP contribution in [0.5, 0.6) is 0 Å². The fourth-order valence-corrected chi connectivity index (χ4v) is 0.215. The minimum atomic E-state index is 0.